The van der Waals surface area contributed by atoms with Crippen molar-refractivity contribution >= 4 is 16.7 Å². The molecule has 10 rings (SSSR count). The van der Waals surface area contributed by atoms with E-state index in [0.717, 1.165) is 0 Å². The first kappa shape index (κ1) is 76.1. The molecule has 550 valence electrons. The second-order valence-corrected chi connectivity index (χ2v) is 22.6. The standard InChI is InChI=1S/C61H19F41/c1-2-3(4-42(83)50(91)58(99)51(92)43(4)84)28(69)29(70)5(21(2)62)6-22(63)7(24(65)9(23(6)64)12-30(71)36(77)15(37(78)31(12)72)18-44(85)52(93)59(100)53(94)45(18)86)8-25(66)10(13-32(73)38(79)16(39(80)33(13)74)19-46(87)54(95)60(101)55(96)47(19)88)27(68)11(26(8)67)14-34(75)40(81)17(41(82)35(14)76)20-48(89)56(97)61(102)57(98)49(20)90/h2-3,10,12-13,17,19,25,30,32,40,46,50,56,58,61H,1H3. The lowest BCUT2D eigenvalue weighted by Gasteiger charge is -2.39. The van der Waals surface area contributed by atoms with Gasteiger partial charge in [-0.05, 0) is 0 Å². The fourth-order valence-corrected chi connectivity index (χ4v) is 12.5. The maximum absolute atomic E-state index is 18.1. The molecule has 102 heavy (non-hydrogen) atoms. The molecule has 0 bridgehead atoms. The topological polar surface area (TPSA) is 0 Å². The minimum Gasteiger partial charge on any atom is -0.241 e. The summed E-state index contributed by atoms with van der Waals surface area (Å²) in [6, 6.07) is 0. The van der Waals surface area contributed by atoms with E-state index in [1.807, 2.05) is 0 Å². The van der Waals surface area contributed by atoms with Crippen molar-refractivity contribution in [1.29, 1.82) is 0 Å². The molecule has 8 aliphatic carbocycles. The van der Waals surface area contributed by atoms with Crippen LogP contribution in [0.4, 0.5) is 180 Å². The zero-order chi connectivity index (χ0) is 76.6. The highest BCUT2D eigenvalue weighted by Gasteiger charge is 2.60. The van der Waals surface area contributed by atoms with Gasteiger partial charge in [0.15, 0.2) is 137 Å². The number of rotatable bonds is 9. The predicted octanol–water partition coefficient (Wildman–Crippen LogP) is 23.8. The van der Waals surface area contributed by atoms with Gasteiger partial charge in [-0.3, -0.25) is 0 Å². The third-order valence-corrected chi connectivity index (χ3v) is 17.4. The molecule has 0 radical (unpaired) electrons. The van der Waals surface area contributed by atoms with Gasteiger partial charge in [0.2, 0.25) is 5.82 Å². The molecule has 0 saturated heterocycles. The van der Waals surface area contributed by atoms with Gasteiger partial charge in [-0.2, -0.15) is 0 Å². The molecule has 41 heteroatoms. The van der Waals surface area contributed by atoms with Crippen LogP contribution < -0.4 is 0 Å². The van der Waals surface area contributed by atoms with Crippen LogP contribution in [0.3, 0.4) is 0 Å². The Hall–Kier alpha value is -8.59. The van der Waals surface area contributed by atoms with Gasteiger partial charge in [0.05, 0.1) is 74.5 Å². The summed E-state index contributed by atoms with van der Waals surface area (Å²) in [7, 11) is 0. The number of hydrogen-bond donors (Lipinski definition) is 0. The van der Waals surface area contributed by atoms with Crippen molar-refractivity contribution in [1.82, 2.24) is 0 Å². The van der Waals surface area contributed by atoms with Crippen LogP contribution in [-0.2, 0) is 0 Å². The van der Waals surface area contributed by atoms with Crippen LogP contribution in [0.15, 0.2) is 168 Å². The molecule has 0 nitrogen and oxygen atoms in total. The minimum absolute atomic E-state index is 0.146. The quantitative estimate of drug-likeness (QED) is 0.133. The molecule has 0 spiro atoms. The Labute approximate surface area is 536 Å². The average Bonchev–Trinajstić information content (AvgIpc) is 0.702. The molecule has 2 aromatic rings. The van der Waals surface area contributed by atoms with E-state index in [4.69, 9.17) is 0 Å². The van der Waals surface area contributed by atoms with E-state index >= 15 is 127 Å². The Morgan fingerprint density at radius 2 is 0.480 bits per heavy atom. The summed E-state index contributed by atoms with van der Waals surface area (Å²) in [5, 5.41) is 0. The molecule has 16 unspecified atom stereocenters. The highest BCUT2D eigenvalue weighted by atomic mass is 19.2. The van der Waals surface area contributed by atoms with Gasteiger partial charge >= 0.3 is 0 Å². The van der Waals surface area contributed by atoms with Gasteiger partial charge in [-0.1, -0.05) is 6.92 Å². The first-order valence-corrected chi connectivity index (χ1v) is 27.4. The van der Waals surface area contributed by atoms with Crippen LogP contribution in [0.5, 0.6) is 0 Å². The summed E-state index contributed by atoms with van der Waals surface area (Å²) in [6.45, 7) is -0.146. The number of alkyl halides is 9. The molecule has 0 fully saturated rings. The summed E-state index contributed by atoms with van der Waals surface area (Å²) < 4.78 is 651. The maximum Gasteiger partial charge on any atom is 0.200 e. The zero-order valence-electron chi connectivity index (χ0n) is 47.7. The maximum atomic E-state index is 18.1. The van der Waals surface area contributed by atoms with E-state index in [-0.39, 0.29) is 6.92 Å². The summed E-state index contributed by atoms with van der Waals surface area (Å²) in [4.78, 5) is 0. The second-order valence-electron chi connectivity index (χ2n) is 22.6. The van der Waals surface area contributed by atoms with Gasteiger partial charge in [0.25, 0.3) is 0 Å². The van der Waals surface area contributed by atoms with Crippen LogP contribution in [0.2, 0.25) is 0 Å². The Morgan fingerprint density at radius 3 is 0.971 bits per heavy atom. The Bertz CT molecular complexity index is 4670. The normalized spacial score (nSPS) is 31.6. The summed E-state index contributed by atoms with van der Waals surface area (Å²) >= 11 is 0. The average molecular weight is 1530 g/mol. The summed E-state index contributed by atoms with van der Waals surface area (Å²) in [5.74, 6) is -144. The largest absolute Gasteiger partial charge is 0.241 e. The van der Waals surface area contributed by atoms with E-state index < -0.39 is 350 Å². The van der Waals surface area contributed by atoms with E-state index in [2.05, 4.69) is 0 Å². The minimum atomic E-state index is -5.39. The lowest BCUT2D eigenvalue weighted by Crippen LogP contribution is -2.40. The molecule has 0 aromatic heterocycles. The van der Waals surface area contributed by atoms with Gasteiger partial charge in [0, 0.05) is 33.8 Å². The summed E-state index contributed by atoms with van der Waals surface area (Å²) in [6.07, 6.45) is -41.5. The first-order chi connectivity index (χ1) is 47.2. The van der Waals surface area contributed by atoms with E-state index in [0.29, 0.717) is 0 Å². The lowest BCUT2D eigenvalue weighted by atomic mass is 9.69. The van der Waals surface area contributed by atoms with Crippen molar-refractivity contribution in [3.63, 3.8) is 0 Å². The Kier molecular flexibility index (Phi) is 19.6. The molecule has 0 heterocycles. The van der Waals surface area contributed by atoms with E-state index in [1.54, 1.807) is 0 Å². The second kappa shape index (κ2) is 26.3. The molecule has 0 amide bonds. The van der Waals surface area contributed by atoms with Gasteiger partial charge in [0.1, 0.15) is 99.4 Å². The van der Waals surface area contributed by atoms with Crippen LogP contribution >= 0.6 is 0 Å². The van der Waals surface area contributed by atoms with Crippen molar-refractivity contribution in [2.24, 2.45) is 35.5 Å². The molecule has 2 aromatic carbocycles. The van der Waals surface area contributed by atoms with Crippen LogP contribution in [0, 0.1) is 82.0 Å². The van der Waals surface area contributed by atoms with Gasteiger partial charge in [-0.25, -0.2) is 180 Å². The molecule has 0 N–H and O–H groups in total. The highest BCUT2D eigenvalue weighted by molar-refractivity contribution is 5.89. The molecular formula is C61H19F41. The van der Waals surface area contributed by atoms with Gasteiger partial charge in [-0.15, -0.1) is 0 Å². The van der Waals surface area contributed by atoms with Crippen molar-refractivity contribution in [3.8, 4) is 0 Å². The number of benzene rings is 2. The van der Waals surface area contributed by atoms with Crippen LogP contribution in [0.25, 0.3) is 16.7 Å². The van der Waals surface area contributed by atoms with Crippen LogP contribution in [0.1, 0.15) is 35.1 Å². The summed E-state index contributed by atoms with van der Waals surface area (Å²) in [5.41, 5.74) is -40.6. The highest BCUT2D eigenvalue weighted by Crippen LogP contribution is 2.62. The third-order valence-electron chi connectivity index (χ3n) is 17.4. The molecular weight excluding hydrogens is 1510 g/mol. The van der Waals surface area contributed by atoms with Crippen molar-refractivity contribution in [2.75, 3.05) is 0 Å². The fourth-order valence-electron chi connectivity index (χ4n) is 12.5. The first-order valence-electron chi connectivity index (χ1n) is 27.4. The van der Waals surface area contributed by atoms with E-state index in [1.165, 1.54) is 0 Å². The monoisotopic (exact) mass is 1530 g/mol. The van der Waals surface area contributed by atoms with Crippen molar-refractivity contribution < 1.29 is 180 Å². The van der Waals surface area contributed by atoms with E-state index in [9.17, 15) is 52.7 Å². The number of allylic oxidation sites excluding steroid dienone is 32. The Balaban J connectivity index is 1.33. The SMILES string of the molecule is CC1C(F)=C(c2c(F)c(C3=C(F)C(C4=C(F)C(F)C(C5=C(F)C(F)C(F)C(F)=C5F)C(F)=C4F)=C(F)C(C4C(F)=C(F)C(C5C(F)=C(F)C(F)=C(F)C5F)=C(F)C4F)C3F)c(F)c(C3C(F)=C(F)C(c4c(F)c(F)c(F)c(F)c4F)=C(F)C3F)c2F)C(F)=C(F)C1C1=C(F)C(F)C(F)C(F)=C1F. The molecule has 8 aliphatic rings. The zero-order valence-corrected chi connectivity index (χ0v) is 47.7. The number of halogens is 41. The van der Waals surface area contributed by atoms with Crippen LogP contribution in [-0.4, -0.2) is 55.5 Å². The Morgan fingerprint density at radius 1 is 0.176 bits per heavy atom. The molecule has 0 aliphatic heterocycles. The molecule has 16 atom stereocenters. The van der Waals surface area contributed by atoms with Crippen molar-refractivity contribution in [3.05, 3.63) is 237 Å². The fraction of sp³-hybridized carbons (Fsp3) is 0.279. The van der Waals surface area contributed by atoms with Gasteiger partial charge < -0.3 is 0 Å². The van der Waals surface area contributed by atoms with Crippen molar-refractivity contribution in [2.45, 2.75) is 68.4 Å². The molecule has 0 saturated carbocycles. The smallest absolute Gasteiger partial charge is 0.200 e. The predicted molar refractivity (Wildman–Crippen MR) is 265 cm³/mol. The number of hydrogen-bond acceptors (Lipinski definition) is 0. The lowest BCUT2D eigenvalue weighted by molar-refractivity contribution is 0.118. The third kappa shape index (κ3) is 10.4.